The number of rotatable bonds is 4. The molecule has 0 aliphatic carbocycles. The molecule has 3 aromatic heterocycles. The minimum Gasteiger partial charge on any atom is -0.481 e. The number of fused-ring (bicyclic) bond motifs is 3. The van der Waals surface area contributed by atoms with E-state index >= 15 is 0 Å². The first-order valence-corrected chi connectivity index (χ1v) is 11.1. The summed E-state index contributed by atoms with van der Waals surface area (Å²) in [6, 6.07) is 11.5. The van der Waals surface area contributed by atoms with Crippen LogP contribution in [0.2, 0.25) is 0 Å². The third-order valence-electron chi connectivity index (χ3n) is 5.76. The van der Waals surface area contributed by atoms with Crippen LogP contribution in [0.3, 0.4) is 0 Å². The molecule has 0 bridgehead atoms. The van der Waals surface area contributed by atoms with Crippen molar-refractivity contribution in [1.29, 1.82) is 0 Å². The fraction of sp³-hybridized carbons (Fsp3) is 0.208. The zero-order valence-electron chi connectivity index (χ0n) is 17.9. The van der Waals surface area contributed by atoms with Crippen molar-refractivity contribution in [2.75, 3.05) is 0 Å². The topological polar surface area (TPSA) is 93.3 Å². The van der Waals surface area contributed by atoms with E-state index in [1.54, 1.807) is 17.5 Å². The molecule has 32 heavy (non-hydrogen) atoms. The fourth-order valence-corrected chi connectivity index (χ4v) is 5.26. The highest BCUT2D eigenvalue weighted by atomic mass is 32.1. The maximum atomic E-state index is 11.6. The molecule has 1 aliphatic heterocycles. The molecular weight excluding hydrogens is 422 g/mol. The third kappa shape index (κ3) is 3.33. The average molecular weight is 444 g/mol. The molecule has 0 spiro atoms. The minimum atomic E-state index is -0.921. The molecule has 0 unspecified atom stereocenters. The molecule has 1 N–H and O–H groups in total. The number of thiophene rings is 1. The standard InChI is InChI=1S/C24H21N5O2S/c1-13-14(2)32-24-21(13)22(17-8-6-16(7-9-17)18-5-4-10-25-12-18)26-19(11-20(30)31)23-28-27-15(3)29(23)24/h4-10,12,19H,11H2,1-3H3,(H,30,31)/t19-/m0/s1. The second-order valence-electron chi connectivity index (χ2n) is 7.81. The summed E-state index contributed by atoms with van der Waals surface area (Å²) in [5.41, 5.74) is 5.97. The number of carboxylic acids is 1. The summed E-state index contributed by atoms with van der Waals surface area (Å²) < 4.78 is 1.97. The molecule has 1 atom stereocenters. The Kier molecular flexibility index (Phi) is 4.94. The van der Waals surface area contributed by atoms with E-state index in [2.05, 4.69) is 29.0 Å². The van der Waals surface area contributed by atoms with Crippen molar-refractivity contribution in [3.05, 3.63) is 82.0 Å². The van der Waals surface area contributed by atoms with Crippen LogP contribution in [0.1, 0.15) is 45.7 Å². The number of aliphatic carboxylic acids is 1. The van der Waals surface area contributed by atoms with Crippen LogP contribution < -0.4 is 0 Å². The monoisotopic (exact) mass is 443 g/mol. The predicted molar refractivity (Wildman–Crippen MR) is 124 cm³/mol. The molecule has 0 amide bonds. The van der Waals surface area contributed by atoms with Gasteiger partial charge in [0.15, 0.2) is 5.82 Å². The van der Waals surface area contributed by atoms with Crippen LogP contribution >= 0.6 is 11.3 Å². The van der Waals surface area contributed by atoms with Crippen LogP contribution in [0.4, 0.5) is 0 Å². The lowest BCUT2D eigenvalue weighted by molar-refractivity contribution is -0.137. The van der Waals surface area contributed by atoms with Gasteiger partial charge in [0.1, 0.15) is 16.9 Å². The van der Waals surface area contributed by atoms with Crippen LogP contribution in [0.5, 0.6) is 0 Å². The van der Waals surface area contributed by atoms with Crippen LogP contribution in [-0.2, 0) is 4.79 Å². The summed E-state index contributed by atoms with van der Waals surface area (Å²) in [5.74, 6) is 0.367. The third-order valence-corrected chi connectivity index (χ3v) is 6.95. The van der Waals surface area contributed by atoms with Gasteiger partial charge in [-0.2, -0.15) is 0 Å². The van der Waals surface area contributed by atoms with Gasteiger partial charge in [-0.25, -0.2) is 0 Å². The van der Waals surface area contributed by atoms with E-state index in [0.29, 0.717) is 5.82 Å². The molecule has 4 heterocycles. The lowest BCUT2D eigenvalue weighted by Crippen LogP contribution is -2.10. The zero-order valence-corrected chi connectivity index (χ0v) is 18.7. The molecule has 0 radical (unpaired) electrons. The normalized spacial score (nSPS) is 15.0. The van der Waals surface area contributed by atoms with E-state index < -0.39 is 12.0 Å². The number of nitrogens with zero attached hydrogens (tertiary/aromatic N) is 5. The molecule has 0 fully saturated rings. The number of hydrogen-bond acceptors (Lipinski definition) is 6. The SMILES string of the molecule is Cc1sc2c(c1C)C(c1ccc(-c3cccnc3)cc1)=N[C@@H](CC(=O)O)c1nnc(C)n1-2. The van der Waals surface area contributed by atoms with Gasteiger partial charge in [-0.3, -0.25) is 19.3 Å². The van der Waals surface area contributed by atoms with Gasteiger partial charge in [0.2, 0.25) is 0 Å². The summed E-state index contributed by atoms with van der Waals surface area (Å²) in [5, 5.41) is 19.1. The van der Waals surface area contributed by atoms with Gasteiger partial charge in [0.25, 0.3) is 0 Å². The number of hydrogen-bond donors (Lipinski definition) is 1. The Morgan fingerprint density at radius 3 is 2.50 bits per heavy atom. The average Bonchev–Trinajstić information content (AvgIpc) is 3.26. The Morgan fingerprint density at radius 2 is 1.81 bits per heavy atom. The summed E-state index contributed by atoms with van der Waals surface area (Å²) in [4.78, 5) is 22.0. The minimum absolute atomic E-state index is 0.150. The van der Waals surface area contributed by atoms with Crippen LogP contribution in [0.25, 0.3) is 16.1 Å². The van der Waals surface area contributed by atoms with Gasteiger partial charge in [-0.1, -0.05) is 30.3 Å². The van der Waals surface area contributed by atoms with E-state index in [4.69, 9.17) is 4.99 Å². The van der Waals surface area contributed by atoms with Crippen LogP contribution in [0.15, 0.2) is 53.8 Å². The second kappa shape index (κ2) is 7.80. The summed E-state index contributed by atoms with van der Waals surface area (Å²) in [6.07, 6.45) is 3.44. The Labute approximate surface area is 189 Å². The number of pyridine rings is 1. The summed E-state index contributed by atoms with van der Waals surface area (Å²) >= 11 is 1.66. The van der Waals surface area contributed by atoms with Crippen molar-refractivity contribution in [3.63, 3.8) is 0 Å². The van der Waals surface area contributed by atoms with Crippen LogP contribution in [0, 0.1) is 20.8 Å². The Balaban J connectivity index is 1.70. The van der Waals surface area contributed by atoms with E-state index in [1.807, 2.05) is 54.1 Å². The molecule has 1 aliphatic rings. The van der Waals surface area contributed by atoms with Gasteiger partial charge in [-0.05, 0) is 43.5 Å². The van der Waals surface area contributed by atoms with Crippen LogP contribution in [-0.4, -0.2) is 36.5 Å². The highest BCUT2D eigenvalue weighted by Gasteiger charge is 2.32. The second-order valence-corrected chi connectivity index (χ2v) is 9.02. The number of aryl methyl sites for hydroxylation is 2. The van der Waals surface area contributed by atoms with Gasteiger partial charge in [0.05, 0.1) is 12.1 Å². The van der Waals surface area contributed by atoms with Crippen molar-refractivity contribution in [2.45, 2.75) is 33.2 Å². The number of aromatic nitrogens is 4. The van der Waals surface area contributed by atoms with Crippen molar-refractivity contribution in [3.8, 4) is 16.1 Å². The van der Waals surface area contributed by atoms with E-state index in [0.717, 1.165) is 44.4 Å². The number of aliphatic imine (C=N–C) groups is 1. The molecular formula is C24H21N5O2S. The summed E-state index contributed by atoms with van der Waals surface area (Å²) in [7, 11) is 0. The lowest BCUT2D eigenvalue weighted by Gasteiger charge is -2.11. The molecule has 0 saturated heterocycles. The molecule has 160 valence electrons. The lowest BCUT2D eigenvalue weighted by atomic mass is 9.97. The molecule has 8 heteroatoms. The first kappa shape index (κ1) is 20.3. The number of benzene rings is 1. The van der Waals surface area contributed by atoms with Gasteiger partial charge < -0.3 is 5.11 Å². The van der Waals surface area contributed by atoms with E-state index in [9.17, 15) is 9.90 Å². The first-order valence-electron chi connectivity index (χ1n) is 10.3. The highest BCUT2D eigenvalue weighted by Crippen LogP contribution is 2.39. The van der Waals surface area contributed by atoms with E-state index in [1.165, 1.54) is 4.88 Å². The molecule has 7 nitrogen and oxygen atoms in total. The highest BCUT2D eigenvalue weighted by molar-refractivity contribution is 7.15. The van der Waals surface area contributed by atoms with Crippen molar-refractivity contribution in [1.82, 2.24) is 19.7 Å². The Hall–Kier alpha value is -3.65. The zero-order chi connectivity index (χ0) is 22.4. The van der Waals surface area contributed by atoms with Gasteiger partial charge in [0, 0.05) is 28.4 Å². The fourth-order valence-electron chi connectivity index (χ4n) is 4.04. The quantitative estimate of drug-likeness (QED) is 0.494. The number of carbonyl (C=O) groups is 1. The summed E-state index contributed by atoms with van der Waals surface area (Å²) in [6.45, 7) is 6.06. The van der Waals surface area contributed by atoms with Crippen molar-refractivity contribution in [2.24, 2.45) is 4.99 Å². The van der Waals surface area contributed by atoms with E-state index in [-0.39, 0.29) is 6.42 Å². The smallest absolute Gasteiger partial charge is 0.306 e. The molecule has 0 saturated carbocycles. The first-order chi connectivity index (χ1) is 15.4. The van der Waals surface area contributed by atoms with Crippen molar-refractivity contribution < 1.29 is 9.90 Å². The Bertz CT molecular complexity index is 1350. The van der Waals surface area contributed by atoms with Gasteiger partial charge >= 0.3 is 5.97 Å². The maximum Gasteiger partial charge on any atom is 0.306 e. The predicted octanol–water partition coefficient (Wildman–Crippen LogP) is 4.68. The molecule has 4 aromatic rings. The Morgan fingerprint density at radius 1 is 1.06 bits per heavy atom. The molecule has 1 aromatic carbocycles. The number of carboxylic acid groups (broad SMARTS) is 1. The maximum absolute atomic E-state index is 11.6. The van der Waals surface area contributed by atoms with Gasteiger partial charge in [-0.15, -0.1) is 21.5 Å². The van der Waals surface area contributed by atoms with Crippen molar-refractivity contribution >= 4 is 23.0 Å². The molecule has 5 rings (SSSR count). The largest absolute Gasteiger partial charge is 0.481 e.